The first-order valence-corrected chi connectivity index (χ1v) is 10.6. The summed E-state index contributed by atoms with van der Waals surface area (Å²) >= 11 is 6.18. The number of halogens is 1. The fourth-order valence-electron chi connectivity index (χ4n) is 3.88. The molecule has 0 radical (unpaired) electrons. The number of amides is 1. The highest BCUT2D eigenvalue weighted by Crippen LogP contribution is 2.27. The Hall–Kier alpha value is -3.51. The lowest BCUT2D eigenvalue weighted by Crippen LogP contribution is -2.31. The summed E-state index contributed by atoms with van der Waals surface area (Å²) in [7, 11) is 0. The molecule has 5 rings (SSSR count). The van der Waals surface area contributed by atoms with Crippen LogP contribution >= 0.6 is 11.6 Å². The topological polar surface area (TPSA) is 63.3 Å². The zero-order valence-electron chi connectivity index (χ0n) is 16.7. The molecule has 1 aliphatic heterocycles. The minimum atomic E-state index is -0.0917. The third kappa shape index (κ3) is 4.07. The van der Waals surface area contributed by atoms with Crippen molar-refractivity contribution < 1.29 is 9.21 Å². The summed E-state index contributed by atoms with van der Waals surface area (Å²) in [5, 5.41) is 8.71. The third-order valence-electron chi connectivity index (χ3n) is 5.37. The second-order valence-corrected chi connectivity index (χ2v) is 7.97. The highest BCUT2D eigenvalue weighted by atomic mass is 35.5. The number of nitrogens with one attached hydrogen (secondary N) is 1. The van der Waals surface area contributed by atoms with Gasteiger partial charge in [0.05, 0.1) is 12.0 Å². The van der Waals surface area contributed by atoms with E-state index in [1.54, 1.807) is 23.1 Å². The Morgan fingerprint density at radius 1 is 1.06 bits per heavy atom. The predicted octanol–water partition coefficient (Wildman–Crippen LogP) is 5.11. The van der Waals surface area contributed by atoms with Crippen LogP contribution in [0, 0.1) is 0 Å². The summed E-state index contributed by atoms with van der Waals surface area (Å²) in [6.45, 7) is 1.32. The van der Waals surface area contributed by atoms with Gasteiger partial charge in [0, 0.05) is 35.9 Å². The molecule has 3 heterocycles. The van der Waals surface area contributed by atoms with Crippen molar-refractivity contribution in [3.63, 3.8) is 0 Å². The predicted molar refractivity (Wildman–Crippen MR) is 121 cm³/mol. The molecule has 0 aliphatic carbocycles. The molecule has 1 fully saturated rings. The van der Waals surface area contributed by atoms with E-state index in [1.165, 1.54) is 0 Å². The van der Waals surface area contributed by atoms with Gasteiger partial charge in [-0.15, -0.1) is 0 Å². The van der Waals surface area contributed by atoms with E-state index in [0.717, 1.165) is 17.8 Å². The zero-order valence-corrected chi connectivity index (χ0v) is 17.5. The number of benzene rings is 2. The molecular formula is C24H21ClN4O2. The van der Waals surface area contributed by atoms with E-state index in [0.29, 0.717) is 35.3 Å². The van der Waals surface area contributed by atoms with Crippen molar-refractivity contribution in [1.82, 2.24) is 14.7 Å². The van der Waals surface area contributed by atoms with Crippen molar-refractivity contribution in [2.24, 2.45) is 0 Å². The third-order valence-corrected chi connectivity index (χ3v) is 5.61. The monoisotopic (exact) mass is 432 g/mol. The molecule has 0 bridgehead atoms. The van der Waals surface area contributed by atoms with E-state index in [9.17, 15) is 4.79 Å². The number of hydrogen-bond donors (Lipinski definition) is 1. The average Bonchev–Trinajstić information content (AvgIpc) is 3.54. The number of furan rings is 1. The van der Waals surface area contributed by atoms with Crippen LogP contribution in [-0.4, -0.2) is 39.7 Å². The molecule has 2 aromatic heterocycles. The number of anilines is 1. The highest BCUT2D eigenvalue weighted by molar-refractivity contribution is 6.30. The molecule has 1 atom stereocenters. The fraction of sp³-hybridized carbons (Fsp3) is 0.167. The van der Waals surface area contributed by atoms with E-state index in [-0.39, 0.29) is 11.9 Å². The summed E-state index contributed by atoms with van der Waals surface area (Å²) < 4.78 is 7.29. The van der Waals surface area contributed by atoms with Crippen LogP contribution in [0.1, 0.15) is 16.9 Å². The molecule has 31 heavy (non-hydrogen) atoms. The summed E-state index contributed by atoms with van der Waals surface area (Å²) in [4.78, 5) is 15.1. The average molecular weight is 433 g/mol. The minimum absolute atomic E-state index is 0.0917. The number of carbonyl (C=O) groups is 1. The van der Waals surface area contributed by atoms with Crippen molar-refractivity contribution in [2.45, 2.75) is 12.5 Å². The van der Waals surface area contributed by atoms with E-state index < -0.39 is 0 Å². The molecule has 1 saturated heterocycles. The van der Waals surface area contributed by atoms with Crippen LogP contribution < -0.4 is 5.32 Å². The van der Waals surface area contributed by atoms with E-state index in [2.05, 4.69) is 10.4 Å². The molecule has 6 nitrogen and oxygen atoms in total. The number of nitrogens with zero attached hydrogens (tertiary/aromatic N) is 3. The van der Waals surface area contributed by atoms with Crippen LogP contribution in [0.2, 0.25) is 5.02 Å². The maximum absolute atomic E-state index is 13.2. The van der Waals surface area contributed by atoms with Gasteiger partial charge in [-0.1, -0.05) is 35.9 Å². The van der Waals surface area contributed by atoms with Crippen molar-refractivity contribution in [2.75, 3.05) is 18.4 Å². The molecule has 1 aliphatic rings. The van der Waals surface area contributed by atoms with Gasteiger partial charge in [0.2, 0.25) is 0 Å². The Morgan fingerprint density at radius 3 is 2.71 bits per heavy atom. The molecule has 0 spiro atoms. The van der Waals surface area contributed by atoms with Gasteiger partial charge in [-0.05, 0) is 48.9 Å². The van der Waals surface area contributed by atoms with Gasteiger partial charge in [0.15, 0.2) is 11.5 Å². The first kappa shape index (κ1) is 19.5. The van der Waals surface area contributed by atoms with E-state index in [1.807, 2.05) is 65.6 Å². The Balaban J connectivity index is 1.40. The molecule has 7 heteroatoms. The summed E-state index contributed by atoms with van der Waals surface area (Å²) in [5.74, 6) is 0.544. The molecule has 0 saturated carbocycles. The quantitative estimate of drug-likeness (QED) is 0.476. The standard InChI is InChI=1S/C24H21ClN4O2/c25-17-6-4-9-20(14-17)29-22(23-10-5-13-31-23)15-21(27-29)24(30)28-12-11-19(16-28)26-18-7-2-1-3-8-18/h1-10,13-15,19,26H,11-12,16H2. The number of likely N-dealkylation sites (tertiary alicyclic amines) is 1. The molecule has 1 N–H and O–H groups in total. The van der Waals surface area contributed by atoms with Crippen molar-refractivity contribution in [3.8, 4) is 17.1 Å². The van der Waals surface area contributed by atoms with Gasteiger partial charge >= 0.3 is 0 Å². The van der Waals surface area contributed by atoms with Crippen LogP contribution in [0.15, 0.2) is 83.5 Å². The smallest absolute Gasteiger partial charge is 0.274 e. The molecule has 4 aromatic rings. The lowest BCUT2D eigenvalue weighted by atomic mass is 10.2. The molecule has 156 valence electrons. The zero-order chi connectivity index (χ0) is 21.2. The largest absolute Gasteiger partial charge is 0.463 e. The van der Waals surface area contributed by atoms with Gasteiger partial charge in [-0.2, -0.15) is 5.10 Å². The normalized spacial score (nSPS) is 15.9. The second kappa shape index (κ2) is 8.32. The van der Waals surface area contributed by atoms with Gasteiger partial charge in [-0.3, -0.25) is 4.79 Å². The van der Waals surface area contributed by atoms with Gasteiger partial charge in [-0.25, -0.2) is 4.68 Å². The number of carbonyl (C=O) groups excluding carboxylic acids is 1. The summed E-state index contributed by atoms with van der Waals surface area (Å²) in [6.07, 6.45) is 2.49. The first-order chi connectivity index (χ1) is 15.2. The summed E-state index contributed by atoms with van der Waals surface area (Å²) in [6, 6.07) is 23.1. The Kier molecular flexibility index (Phi) is 5.22. The Morgan fingerprint density at radius 2 is 1.94 bits per heavy atom. The first-order valence-electron chi connectivity index (χ1n) is 10.2. The van der Waals surface area contributed by atoms with Crippen LogP contribution in [0.3, 0.4) is 0 Å². The van der Waals surface area contributed by atoms with Crippen molar-refractivity contribution >= 4 is 23.2 Å². The highest BCUT2D eigenvalue weighted by Gasteiger charge is 2.29. The SMILES string of the molecule is O=C(c1cc(-c2ccco2)n(-c2cccc(Cl)c2)n1)N1CCC(Nc2ccccc2)C1. The van der Waals surface area contributed by atoms with Crippen LogP contribution in [0.4, 0.5) is 5.69 Å². The van der Waals surface area contributed by atoms with Crippen molar-refractivity contribution in [3.05, 3.63) is 89.8 Å². The molecule has 1 amide bonds. The number of hydrogen-bond acceptors (Lipinski definition) is 4. The Bertz CT molecular complexity index is 1190. The summed E-state index contributed by atoms with van der Waals surface area (Å²) in [5.41, 5.74) is 2.91. The van der Waals surface area contributed by atoms with Gasteiger partial charge in [0.1, 0.15) is 5.69 Å². The van der Waals surface area contributed by atoms with Gasteiger partial charge in [0.25, 0.3) is 5.91 Å². The van der Waals surface area contributed by atoms with E-state index in [4.69, 9.17) is 16.0 Å². The molecule has 1 unspecified atom stereocenters. The second-order valence-electron chi connectivity index (χ2n) is 7.53. The minimum Gasteiger partial charge on any atom is -0.463 e. The number of para-hydroxylation sites is 1. The fourth-order valence-corrected chi connectivity index (χ4v) is 4.07. The lowest BCUT2D eigenvalue weighted by molar-refractivity contribution is 0.0785. The molecule has 2 aromatic carbocycles. The van der Waals surface area contributed by atoms with Crippen molar-refractivity contribution in [1.29, 1.82) is 0 Å². The van der Waals surface area contributed by atoms with Crippen LogP contribution in [0.5, 0.6) is 0 Å². The molecular weight excluding hydrogens is 412 g/mol. The maximum atomic E-state index is 13.2. The van der Waals surface area contributed by atoms with E-state index >= 15 is 0 Å². The lowest BCUT2D eigenvalue weighted by Gasteiger charge is -2.16. The maximum Gasteiger partial charge on any atom is 0.274 e. The number of aromatic nitrogens is 2. The Labute approximate surface area is 185 Å². The van der Waals surface area contributed by atoms with Crippen LogP contribution in [0.25, 0.3) is 17.1 Å². The van der Waals surface area contributed by atoms with Crippen LogP contribution in [-0.2, 0) is 0 Å². The van der Waals surface area contributed by atoms with Gasteiger partial charge < -0.3 is 14.6 Å². The number of rotatable bonds is 5.